The number of hydrogen-bond acceptors (Lipinski definition) is 2. The minimum Gasteiger partial charge on any atom is -0.377 e. The summed E-state index contributed by atoms with van der Waals surface area (Å²) in [6.07, 6.45) is 4.71. The van der Waals surface area contributed by atoms with Gasteiger partial charge in [0.05, 0.1) is 0 Å². The van der Waals surface area contributed by atoms with E-state index in [4.69, 9.17) is 0 Å². The van der Waals surface area contributed by atoms with Gasteiger partial charge in [-0.25, -0.2) is 0 Å². The largest absolute Gasteiger partial charge is 0.377 e. The third kappa shape index (κ3) is 2.98. The quantitative estimate of drug-likeness (QED) is 0.501. The summed E-state index contributed by atoms with van der Waals surface area (Å²) in [5.41, 5.74) is -0.747. The fourth-order valence-corrected chi connectivity index (χ4v) is 2.51. The van der Waals surface area contributed by atoms with Gasteiger partial charge in [0.1, 0.15) is 5.69 Å². The van der Waals surface area contributed by atoms with Gasteiger partial charge in [0.2, 0.25) is 11.6 Å². The molecule has 0 aliphatic heterocycles. The fraction of sp³-hybridized carbons (Fsp3) is 0.615. The molecule has 2 atom stereocenters. The highest BCUT2D eigenvalue weighted by Gasteiger charge is 2.26. The number of nitrogens with one attached hydrogen (secondary N) is 1. The molecule has 1 heterocycles. The summed E-state index contributed by atoms with van der Waals surface area (Å²) >= 11 is 0. The Morgan fingerprint density at radius 1 is 0.947 bits per heavy atom. The molecule has 6 heteroatoms. The lowest BCUT2D eigenvalue weighted by Gasteiger charge is -2.24. The molecule has 1 saturated carbocycles. The molecule has 1 aliphatic carbocycles. The number of aromatic nitrogens is 1. The van der Waals surface area contributed by atoms with E-state index in [-0.39, 0.29) is 12.0 Å². The van der Waals surface area contributed by atoms with Crippen molar-refractivity contribution in [2.45, 2.75) is 45.1 Å². The van der Waals surface area contributed by atoms with Crippen molar-refractivity contribution in [2.75, 3.05) is 5.32 Å². The highest BCUT2D eigenvalue weighted by atomic mass is 19.2. The molecule has 2 unspecified atom stereocenters. The third-order valence-electron chi connectivity index (χ3n) is 3.69. The zero-order valence-electron chi connectivity index (χ0n) is 10.6. The second-order valence-electron chi connectivity index (χ2n) is 5.06. The summed E-state index contributed by atoms with van der Waals surface area (Å²) < 4.78 is 53.1. The van der Waals surface area contributed by atoms with Gasteiger partial charge < -0.3 is 5.32 Å². The van der Waals surface area contributed by atoms with Gasteiger partial charge in [-0.1, -0.05) is 26.2 Å². The van der Waals surface area contributed by atoms with E-state index in [9.17, 15) is 17.6 Å². The molecule has 1 fully saturated rings. The monoisotopic (exact) mass is 276 g/mol. The Kier molecular flexibility index (Phi) is 4.27. The Balaban J connectivity index is 2.27. The van der Waals surface area contributed by atoms with Gasteiger partial charge in [-0.2, -0.15) is 22.5 Å². The third-order valence-corrected chi connectivity index (χ3v) is 3.69. The minimum atomic E-state index is -1.62. The zero-order valence-corrected chi connectivity index (χ0v) is 10.6. The molecule has 1 aromatic heterocycles. The van der Waals surface area contributed by atoms with E-state index in [0.717, 1.165) is 32.1 Å². The molecule has 106 valence electrons. The topological polar surface area (TPSA) is 24.9 Å². The van der Waals surface area contributed by atoms with Gasteiger partial charge in [0.25, 0.3) is 11.9 Å². The van der Waals surface area contributed by atoms with E-state index in [2.05, 4.69) is 10.3 Å². The lowest BCUT2D eigenvalue weighted by atomic mass is 9.97. The molecule has 0 aromatic carbocycles. The van der Waals surface area contributed by atoms with Crippen LogP contribution in [0.4, 0.5) is 23.2 Å². The number of pyridine rings is 1. The normalized spacial score (nSPS) is 24.1. The molecule has 0 bridgehead atoms. The van der Waals surface area contributed by atoms with Crippen LogP contribution in [0.5, 0.6) is 0 Å². The van der Waals surface area contributed by atoms with Crippen LogP contribution in [-0.2, 0) is 0 Å². The maximum Gasteiger partial charge on any atom is 0.253 e. The smallest absolute Gasteiger partial charge is 0.253 e. The zero-order chi connectivity index (χ0) is 14.0. The summed E-state index contributed by atoms with van der Waals surface area (Å²) in [5.74, 6) is -5.98. The minimum absolute atomic E-state index is 0.187. The van der Waals surface area contributed by atoms with Gasteiger partial charge in [0.15, 0.2) is 0 Å². The molecule has 19 heavy (non-hydrogen) atoms. The average Bonchev–Trinajstić information content (AvgIpc) is 2.57. The standard InChI is InChI=1S/C13H16F4N2/c1-7-5-3-2-4-6-8(7)18-11-9(14)12(16)19-13(17)10(11)15/h7-8H,2-6H2,1H3,(H,18,19). The summed E-state index contributed by atoms with van der Waals surface area (Å²) in [7, 11) is 0. The second kappa shape index (κ2) is 5.75. The highest BCUT2D eigenvalue weighted by Crippen LogP contribution is 2.29. The summed E-state index contributed by atoms with van der Waals surface area (Å²) in [5, 5.41) is 2.62. The lowest BCUT2D eigenvalue weighted by molar-refractivity contribution is 0.402. The Hall–Kier alpha value is -1.33. The molecule has 1 N–H and O–H groups in total. The molecule has 2 nitrogen and oxygen atoms in total. The lowest BCUT2D eigenvalue weighted by Crippen LogP contribution is -2.28. The summed E-state index contributed by atoms with van der Waals surface area (Å²) in [6.45, 7) is 1.96. The predicted molar refractivity (Wildman–Crippen MR) is 63.7 cm³/mol. The Morgan fingerprint density at radius 3 is 2.16 bits per heavy atom. The first-order chi connectivity index (χ1) is 9.00. The molecular weight excluding hydrogens is 260 g/mol. The van der Waals surface area contributed by atoms with E-state index in [0.29, 0.717) is 0 Å². The maximum atomic E-state index is 13.5. The number of rotatable bonds is 2. The van der Waals surface area contributed by atoms with Crippen molar-refractivity contribution in [2.24, 2.45) is 5.92 Å². The van der Waals surface area contributed by atoms with Gasteiger partial charge in [0, 0.05) is 6.04 Å². The van der Waals surface area contributed by atoms with E-state index in [1.807, 2.05) is 6.92 Å². The van der Waals surface area contributed by atoms with Crippen molar-refractivity contribution in [1.29, 1.82) is 0 Å². The molecule has 0 saturated heterocycles. The first kappa shape index (κ1) is 14.1. The van der Waals surface area contributed by atoms with Crippen LogP contribution in [0.2, 0.25) is 0 Å². The number of anilines is 1. The average molecular weight is 276 g/mol. The van der Waals surface area contributed by atoms with Crippen molar-refractivity contribution in [3.8, 4) is 0 Å². The number of hydrogen-bond donors (Lipinski definition) is 1. The van der Waals surface area contributed by atoms with Crippen molar-refractivity contribution in [3.05, 3.63) is 23.5 Å². The molecule has 0 spiro atoms. The van der Waals surface area contributed by atoms with Gasteiger partial charge in [-0.05, 0) is 18.8 Å². The van der Waals surface area contributed by atoms with Gasteiger partial charge in [-0.3, -0.25) is 0 Å². The Labute approximate surface area is 109 Å². The van der Waals surface area contributed by atoms with Crippen LogP contribution in [-0.4, -0.2) is 11.0 Å². The Morgan fingerprint density at radius 2 is 1.53 bits per heavy atom. The maximum absolute atomic E-state index is 13.5. The summed E-state index contributed by atoms with van der Waals surface area (Å²) in [6, 6.07) is -0.187. The van der Waals surface area contributed by atoms with Crippen LogP contribution >= 0.6 is 0 Å². The molecule has 2 rings (SSSR count). The van der Waals surface area contributed by atoms with Gasteiger partial charge in [-0.15, -0.1) is 0 Å². The molecule has 1 aliphatic rings. The highest BCUT2D eigenvalue weighted by molar-refractivity contribution is 5.46. The fourth-order valence-electron chi connectivity index (χ4n) is 2.51. The molecular formula is C13H16F4N2. The van der Waals surface area contributed by atoms with E-state index in [1.54, 1.807) is 0 Å². The van der Waals surface area contributed by atoms with Crippen LogP contribution < -0.4 is 5.32 Å². The number of nitrogens with zero attached hydrogens (tertiary/aromatic N) is 1. The van der Waals surface area contributed by atoms with Crippen LogP contribution in [0.1, 0.15) is 39.0 Å². The van der Waals surface area contributed by atoms with Crippen LogP contribution in [0.25, 0.3) is 0 Å². The molecule has 0 radical (unpaired) electrons. The first-order valence-corrected chi connectivity index (χ1v) is 6.47. The van der Waals surface area contributed by atoms with Crippen molar-refractivity contribution >= 4 is 5.69 Å². The van der Waals surface area contributed by atoms with E-state index < -0.39 is 29.2 Å². The van der Waals surface area contributed by atoms with Crippen molar-refractivity contribution in [1.82, 2.24) is 4.98 Å². The van der Waals surface area contributed by atoms with Crippen LogP contribution in [0.3, 0.4) is 0 Å². The van der Waals surface area contributed by atoms with E-state index in [1.165, 1.54) is 0 Å². The number of halogens is 4. The second-order valence-corrected chi connectivity index (χ2v) is 5.06. The van der Waals surface area contributed by atoms with Crippen LogP contribution in [0, 0.1) is 29.4 Å². The predicted octanol–water partition coefficient (Wildman–Crippen LogP) is 4.02. The van der Waals surface area contributed by atoms with E-state index >= 15 is 0 Å². The van der Waals surface area contributed by atoms with Gasteiger partial charge >= 0.3 is 0 Å². The van der Waals surface area contributed by atoms with Crippen molar-refractivity contribution < 1.29 is 17.6 Å². The Bertz CT molecular complexity index is 438. The first-order valence-electron chi connectivity index (χ1n) is 6.47. The molecule has 0 amide bonds. The SMILES string of the molecule is CC1CCCCCC1Nc1c(F)c(F)nc(F)c1F. The van der Waals surface area contributed by atoms with Crippen molar-refractivity contribution in [3.63, 3.8) is 0 Å². The molecule has 1 aromatic rings. The van der Waals surface area contributed by atoms with Crippen LogP contribution in [0.15, 0.2) is 0 Å². The summed E-state index contributed by atoms with van der Waals surface area (Å²) in [4.78, 5) is 2.54.